The fraction of sp³-hybridized carbons (Fsp3) is 0.765. The monoisotopic (exact) mass is 326 g/mol. The second-order valence-electron chi connectivity index (χ2n) is 7.10. The van der Waals surface area contributed by atoms with E-state index in [9.17, 15) is 0 Å². The Bertz CT molecular complexity index is 465. The molecule has 21 heavy (non-hydrogen) atoms. The van der Waals surface area contributed by atoms with Gasteiger partial charge in [0.15, 0.2) is 0 Å². The quantitative estimate of drug-likeness (QED) is 0.877. The van der Waals surface area contributed by atoms with E-state index in [-0.39, 0.29) is 0 Å². The average molecular weight is 327 g/mol. The Morgan fingerprint density at radius 3 is 2.71 bits per heavy atom. The molecule has 0 aromatic carbocycles. The largest absolute Gasteiger partial charge is 0.311 e. The molecule has 1 aromatic heterocycles. The molecule has 1 spiro atoms. The van der Waals surface area contributed by atoms with Gasteiger partial charge in [-0.2, -0.15) is 0 Å². The molecule has 2 nitrogen and oxygen atoms in total. The maximum absolute atomic E-state index is 6.12. The molecule has 4 heteroatoms. The summed E-state index contributed by atoms with van der Waals surface area (Å²) in [4.78, 5) is 4.18. The van der Waals surface area contributed by atoms with Crippen LogP contribution in [0.3, 0.4) is 0 Å². The number of piperazine rings is 1. The van der Waals surface area contributed by atoms with Crippen molar-refractivity contribution in [3.05, 3.63) is 21.3 Å². The van der Waals surface area contributed by atoms with E-state index in [0.717, 1.165) is 17.4 Å². The van der Waals surface area contributed by atoms with Gasteiger partial charge in [-0.15, -0.1) is 11.3 Å². The lowest BCUT2D eigenvalue weighted by Crippen LogP contribution is -2.65. The molecular weight excluding hydrogens is 300 g/mol. The Hall–Kier alpha value is -0.0900. The highest BCUT2D eigenvalue weighted by atomic mass is 35.5. The van der Waals surface area contributed by atoms with Crippen LogP contribution < -0.4 is 5.32 Å². The predicted octanol–water partition coefficient (Wildman–Crippen LogP) is 4.53. The summed E-state index contributed by atoms with van der Waals surface area (Å²) in [6, 6.07) is 4.86. The number of hydrogen-bond acceptors (Lipinski definition) is 3. The zero-order chi connectivity index (χ0) is 14.9. The summed E-state index contributed by atoms with van der Waals surface area (Å²) >= 11 is 7.86. The molecule has 1 N–H and O–H groups in total. The van der Waals surface area contributed by atoms with E-state index >= 15 is 0 Å². The lowest BCUT2D eigenvalue weighted by atomic mass is 9.77. The van der Waals surface area contributed by atoms with Crippen molar-refractivity contribution in [3.8, 4) is 0 Å². The molecule has 0 radical (unpaired) electrons. The van der Waals surface area contributed by atoms with E-state index in [1.807, 2.05) is 6.07 Å². The maximum Gasteiger partial charge on any atom is 0.0931 e. The van der Waals surface area contributed by atoms with Crippen LogP contribution in [0.25, 0.3) is 0 Å². The van der Waals surface area contributed by atoms with Crippen LogP contribution in [0.2, 0.25) is 4.34 Å². The molecule has 118 valence electrons. The molecule has 2 heterocycles. The van der Waals surface area contributed by atoms with Crippen molar-refractivity contribution in [2.24, 2.45) is 5.92 Å². The minimum atomic E-state index is 0.389. The third kappa shape index (κ3) is 3.47. The van der Waals surface area contributed by atoms with Gasteiger partial charge < -0.3 is 5.32 Å². The van der Waals surface area contributed by atoms with Crippen LogP contribution in [0, 0.1) is 5.92 Å². The van der Waals surface area contributed by atoms with Gasteiger partial charge in [0.05, 0.1) is 4.34 Å². The Labute approximate surface area is 137 Å². The average Bonchev–Trinajstić information content (AvgIpc) is 2.87. The van der Waals surface area contributed by atoms with Crippen molar-refractivity contribution >= 4 is 22.9 Å². The van der Waals surface area contributed by atoms with E-state index in [0.29, 0.717) is 17.5 Å². The van der Waals surface area contributed by atoms with Crippen molar-refractivity contribution in [3.63, 3.8) is 0 Å². The molecule has 0 bridgehead atoms. The summed E-state index contributed by atoms with van der Waals surface area (Å²) < 4.78 is 0.915. The molecule has 1 atom stereocenters. The summed E-state index contributed by atoms with van der Waals surface area (Å²) in [6.45, 7) is 8.07. The van der Waals surface area contributed by atoms with Gasteiger partial charge >= 0.3 is 0 Å². The summed E-state index contributed by atoms with van der Waals surface area (Å²) in [6.07, 6.45) is 6.88. The van der Waals surface area contributed by atoms with Gasteiger partial charge in [-0.3, -0.25) is 4.90 Å². The first-order chi connectivity index (χ1) is 10.1. The van der Waals surface area contributed by atoms with E-state index in [1.54, 1.807) is 11.3 Å². The number of rotatable bonds is 3. The zero-order valence-electron chi connectivity index (χ0n) is 13.2. The molecule has 0 amide bonds. The van der Waals surface area contributed by atoms with Crippen LogP contribution in [0.15, 0.2) is 12.1 Å². The highest BCUT2D eigenvalue weighted by molar-refractivity contribution is 7.16. The van der Waals surface area contributed by atoms with E-state index in [4.69, 9.17) is 11.6 Å². The standard InChI is InChI=1S/C17H27ClN2S/c1-13(2)15-11-20(10-14-6-7-16(18)21-14)17(12-19-15)8-4-3-5-9-17/h6-7,13,15,19H,3-5,8-12H2,1-2H3. The predicted molar refractivity (Wildman–Crippen MR) is 92.2 cm³/mol. The molecule has 1 unspecified atom stereocenters. The van der Waals surface area contributed by atoms with Gasteiger partial charge in [-0.1, -0.05) is 44.7 Å². The first-order valence-electron chi connectivity index (χ1n) is 8.32. The van der Waals surface area contributed by atoms with Crippen molar-refractivity contribution in [1.29, 1.82) is 0 Å². The lowest BCUT2D eigenvalue weighted by Gasteiger charge is -2.52. The Kier molecular flexibility index (Phi) is 4.94. The minimum absolute atomic E-state index is 0.389. The van der Waals surface area contributed by atoms with Gasteiger partial charge in [-0.25, -0.2) is 0 Å². The van der Waals surface area contributed by atoms with Gasteiger partial charge in [0.2, 0.25) is 0 Å². The van der Waals surface area contributed by atoms with Crippen molar-refractivity contribution < 1.29 is 0 Å². The van der Waals surface area contributed by atoms with Crippen LogP contribution in [0.4, 0.5) is 0 Å². The van der Waals surface area contributed by atoms with Crippen molar-refractivity contribution in [2.75, 3.05) is 13.1 Å². The minimum Gasteiger partial charge on any atom is -0.311 e. The first-order valence-corrected chi connectivity index (χ1v) is 9.51. The van der Waals surface area contributed by atoms with Crippen molar-refractivity contribution in [2.45, 2.75) is 64.1 Å². The number of hydrogen-bond donors (Lipinski definition) is 1. The van der Waals surface area contributed by atoms with Crippen LogP contribution in [0.1, 0.15) is 50.8 Å². The summed E-state index contributed by atoms with van der Waals surface area (Å²) in [5.74, 6) is 0.695. The van der Waals surface area contributed by atoms with Crippen LogP contribution in [-0.2, 0) is 6.54 Å². The molecule has 1 aliphatic heterocycles. The number of nitrogens with zero attached hydrogens (tertiary/aromatic N) is 1. The SMILES string of the molecule is CC(C)C1CN(Cc2ccc(Cl)s2)C2(CCCCC2)CN1. The first kappa shape index (κ1) is 15.8. The second-order valence-corrected chi connectivity index (χ2v) is 8.90. The van der Waals surface area contributed by atoms with E-state index in [2.05, 4.69) is 30.1 Å². The smallest absolute Gasteiger partial charge is 0.0931 e. The molecular formula is C17H27ClN2S. The fourth-order valence-electron chi connectivity index (χ4n) is 3.94. The lowest BCUT2D eigenvalue weighted by molar-refractivity contribution is -0.00351. The van der Waals surface area contributed by atoms with E-state index < -0.39 is 0 Å². The van der Waals surface area contributed by atoms with Crippen LogP contribution in [0.5, 0.6) is 0 Å². The van der Waals surface area contributed by atoms with Crippen molar-refractivity contribution in [1.82, 2.24) is 10.2 Å². The Balaban J connectivity index is 1.78. The van der Waals surface area contributed by atoms with Gasteiger partial charge in [0, 0.05) is 36.1 Å². The van der Waals surface area contributed by atoms with Gasteiger partial charge in [-0.05, 0) is 30.9 Å². The molecule has 2 fully saturated rings. The molecule has 3 rings (SSSR count). The number of thiophene rings is 1. The third-order valence-corrected chi connectivity index (χ3v) is 6.56. The molecule has 1 aromatic rings. The molecule has 1 saturated carbocycles. The molecule has 2 aliphatic rings. The molecule has 1 aliphatic carbocycles. The van der Waals surface area contributed by atoms with Gasteiger partial charge in [0.25, 0.3) is 0 Å². The second kappa shape index (κ2) is 6.57. The Morgan fingerprint density at radius 2 is 2.10 bits per heavy atom. The summed E-state index contributed by atoms with van der Waals surface area (Å²) in [7, 11) is 0. The fourth-order valence-corrected chi connectivity index (χ4v) is 5.04. The number of halogens is 1. The summed E-state index contributed by atoms with van der Waals surface area (Å²) in [5.41, 5.74) is 0.389. The Morgan fingerprint density at radius 1 is 1.33 bits per heavy atom. The zero-order valence-corrected chi connectivity index (χ0v) is 14.8. The number of nitrogens with one attached hydrogen (secondary N) is 1. The van der Waals surface area contributed by atoms with Gasteiger partial charge in [0.1, 0.15) is 0 Å². The maximum atomic E-state index is 6.12. The van der Waals surface area contributed by atoms with E-state index in [1.165, 1.54) is 43.5 Å². The highest BCUT2D eigenvalue weighted by Crippen LogP contribution is 2.38. The molecule has 1 saturated heterocycles. The van der Waals surface area contributed by atoms with Crippen LogP contribution >= 0.6 is 22.9 Å². The van der Waals surface area contributed by atoms with Crippen LogP contribution in [-0.4, -0.2) is 29.6 Å². The topological polar surface area (TPSA) is 15.3 Å². The highest BCUT2D eigenvalue weighted by Gasteiger charge is 2.42. The normalized spacial score (nSPS) is 26.6. The third-order valence-electron chi connectivity index (χ3n) is 5.35. The summed E-state index contributed by atoms with van der Waals surface area (Å²) in [5, 5.41) is 3.84.